The molecule has 1 aliphatic rings. The lowest BCUT2D eigenvalue weighted by Crippen LogP contribution is -2.21. The molecular formula is C22H19F2N5O2. The van der Waals surface area contributed by atoms with E-state index >= 15 is 0 Å². The van der Waals surface area contributed by atoms with Gasteiger partial charge in [0.25, 0.3) is 5.56 Å². The van der Waals surface area contributed by atoms with Gasteiger partial charge in [-0.15, -0.1) is 5.10 Å². The largest absolute Gasteiger partial charge is 0.489 e. The van der Waals surface area contributed by atoms with E-state index in [4.69, 9.17) is 4.74 Å². The number of likely N-dealkylation sites (N-methyl/N-ethyl adjacent to an activating group) is 1. The van der Waals surface area contributed by atoms with E-state index in [9.17, 15) is 13.6 Å². The predicted molar refractivity (Wildman–Crippen MR) is 111 cm³/mol. The van der Waals surface area contributed by atoms with Crippen LogP contribution in [0.2, 0.25) is 0 Å². The molecular weight excluding hydrogens is 404 g/mol. The van der Waals surface area contributed by atoms with Gasteiger partial charge in [-0.3, -0.25) is 4.79 Å². The highest BCUT2D eigenvalue weighted by Gasteiger charge is 2.21. The van der Waals surface area contributed by atoms with Crippen molar-refractivity contribution in [3.05, 3.63) is 70.6 Å². The average Bonchev–Trinajstić information content (AvgIpc) is 3.39. The van der Waals surface area contributed by atoms with Crippen molar-refractivity contribution in [3.8, 4) is 22.7 Å². The minimum atomic E-state index is -1.02. The van der Waals surface area contributed by atoms with Crippen LogP contribution < -0.4 is 10.3 Å². The van der Waals surface area contributed by atoms with Crippen molar-refractivity contribution in [2.45, 2.75) is 12.5 Å². The van der Waals surface area contributed by atoms with E-state index in [1.807, 2.05) is 24.3 Å². The third-order valence-electron chi connectivity index (χ3n) is 5.41. The van der Waals surface area contributed by atoms with E-state index in [1.165, 1.54) is 10.7 Å². The third-order valence-corrected chi connectivity index (χ3v) is 5.41. The van der Waals surface area contributed by atoms with Crippen molar-refractivity contribution in [2.24, 2.45) is 0 Å². The first-order valence-electron chi connectivity index (χ1n) is 9.87. The van der Waals surface area contributed by atoms with Crippen molar-refractivity contribution in [1.29, 1.82) is 0 Å². The van der Waals surface area contributed by atoms with Crippen LogP contribution in [-0.4, -0.2) is 51.1 Å². The summed E-state index contributed by atoms with van der Waals surface area (Å²) in [7, 11) is 2.07. The van der Waals surface area contributed by atoms with Gasteiger partial charge in [-0.05, 0) is 49.9 Å². The molecule has 2 aromatic heterocycles. The van der Waals surface area contributed by atoms with Crippen molar-refractivity contribution < 1.29 is 13.5 Å². The molecule has 0 bridgehead atoms. The second-order valence-electron chi connectivity index (χ2n) is 7.70. The number of likely N-dealkylation sites (tertiary alicyclic amines) is 1. The van der Waals surface area contributed by atoms with Crippen LogP contribution in [0.15, 0.2) is 53.5 Å². The van der Waals surface area contributed by atoms with Crippen LogP contribution in [0.25, 0.3) is 27.8 Å². The fraction of sp³-hybridized carbons (Fsp3) is 0.227. The Labute approximate surface area is 175 Å². The molecule has 5 rings (SSSR count). The van der Waals surface area contributed by atoms with Crippen LogP contribution in [0.5, 0.6) is 5.75 Å². The molecule has 0 radical (unpaired) electrons. The second-order valence-corrected chi connectivity index (χ2v) is 7.70. The Morgan fingerprint density at radius 1 is 1.13 bits per heavy atom. The lowest BCUT2D eigenvalue weighted by molar-refractivity contribution is 0.208. The standard InChI is InChI=1S/C22H19F2N5O2/c1-28-7-6-16(11-28)31-15-4-2-14(3-5-15)29-12-21(26-27-29)17-8-13-9-18(23)19(24)10-20(13)25-22(17)30/h2-5,8-10,12,16H,6-7,11H2,1H3,(H,25,30)/t16-/m0/s1. The van der Waals surface area contributed by atoms with Gasteiger partial charge in [0.2, 0.25) is 0 Å². The minimum absolute atomic E-state index is 0.187. The first kappa shape index (κ1) is 19.4. The lowest BCUT2D eigenvalue weighted by Gasteiger charge is -2.14. The molecule has 0 saturated carbocycles. The van der Waals surface area contributed by atoms with E-state index in [1.54, 1.807) is 6.20 Å². The highest BCUT2D eigenvalue weighted by atomic mass is 19.2. The Hall–Kier alpha value is -3.59. The van der Waals surface area contributed by atoms with Crippen molar-refractivity contribution in [2.75, 3.05) is 20.1 Å². The molecule has 158 valence electrons. The van der Waals surface area contributed by atoms with Crippen molar-refractivity contribution in [1.82, 2.24) is 24.9 Å². The van der Waals surface area contributed by atoms with Gasteiger partial charge in [0.05, 0.1) is 23.0 Å². The number of hydrogen-bond donors (Lipinski definition) is 1. The number of fused-ring (bicyclic) bond motifs is 1. The Morgan fingerprint density at radius 2 is 1.90 bits per heavy atom. The number of nitrogens with one attached hydrogen (secondary N) is 1. The van der Waals surface area contributed by atoms with Gasteiger partial charge >= 0.3 is 0 Å². The fourth-order valence-corrected chi connectivity index (χ4v) is 3.76. The van der Waals surface area contributed by atoms with Crippen molar-refractivity contribution in [3.63, 3.8) is 0 Å². The molecule has 3 heterocycles. The number of ether oxygens (including phenoxy) is 1. The Kier molecular flexibility index (Phi) is 4.74. The van der Waals surface area contributed by atoms with Crippen LogP contribution >= 0.6 is 0 Å². The molecule has 0 spiro atoms. The predicted octanol–water partition coefficient (Wildman–Crippen LogP) is 3.14. The SMILES string of the molecule is CN1CC[C@H](Oc2ccc(-n3cc(-c4cc5cc(F)c(F)cc5[nH]c4=O)nn3)cc2)C1. The van der Waals surface area contributed by atoms with Crippen LogP contribution in [0, 0.1) is 11.6 Å². The van der Waals surface area contributed by atoms with Crippen LogP contribution in [0.1, 0.15) is 6.42 Å². The summed E-state index contributed by atoms with van der Waals surface area (Å²) in [5.41, 5.74) is 1.04. The highest BCUT2D eigenvalue weighted by molar-refractivity contribution is 5.82. The highest BCUT2D eigenvalue weighted by Crippen LogP contribution is 2.23. The first-order valence-corrected chi connectivity index (χ1v) is 9.87. The quantitative estimate of drug-likeness (QED) is 0.546. The van der Waals surface area contributed by atoms with Gasteiger partial charge in [0.1, 0.15) is 17.5 Å². The number of aromatic amines is 1. The monoisotopic (exact) mass is 423 g/mol. The number of aromatic nitrogens is 4. The van der Waals surface area contributed by atoms with Gasteiger partial charge in [-0.25, -0.2) is 13.5 Å². The van der Waals surface area contributed by atoms with Gasteiger partial charge in [-0.2, -0.15) is 0 Å². The molecule has 0 amide bonds. The maximum Gasteiger partial charge on any atom is 0.258 e. The summed E-state index contributed by atoms with van der Waals surface area (Å²) in [4.78, 5) is 17.2. The second kappa shape index (κ2) is 7.59. The van der Waals surface area contributed by atoms with E-state index < -0.39 is 17.2 Å². The van der Waals surface area contributed by atoms with E-state index in [0.29, 0.717) is 11.1 Å². The number of hydrogen-bond acceptors (Lipinski definition) is 5. The molecule has 31 heavy (non-hydrogen) atoms. The number of halogens is 2. The van der Waals surface area contributed by atoms with E-state index in [0.717, 1.165) is 43.1 Å². The summed E-state index contributed by atoms with van der Waals surface area (Å²) >= 11 is 0. The summed E-state index contributed by atoms with van der Waals surface area (Å²) in [5.74, 6) is -1.22. The number of H-pyrrole nitrogens is 1. The number of benzene rings is 2. The van der Waals surface area contributed by atoms with Gasteiger partial charge < -0.3 is 14.6 Å². The molecule has 1 aliphatic heterocycles. The maximum atomic E-state index is 13.6. The lowest BCUT2D eigenvalue weighted by atomic mass is 10.1. The summed E-state index contributed by atoms with van der Waals surface area (Å²) in [5, 5.41) is 8.53. The Balaban J connectivity index is 1.40. The van der Waals surface area contributed by atoms with Crippen molar-refractivity contribution >= 4 is 10.9 Å². The molecule has 4 aromatic rings. The van der Waals surface area contributed by atoms with E-state index in [-0.39, 0.29) is 17.2 Å². The summed E-state index contributed by atoms with van der Waals surface area (Å²) in [6, 6.07) is 10.9. The van der Waals surface area contributed by atoms with Crippen LogP contribution in [0.3, 0.4) is 0 Å². The van der Waals surface area contributed by atoms with Gasteiger partial charge in [-0.1, -0.05) is 5.21 Å². The average molecular weight is 423 g/mol. The molecule has 0 aliphatic carbocycles. The minimum Gasteiger partial charge on any atom is -0.489 e. The van der Waals surface area contributed by atoms with Gasteiger partial charge in [0, 0.05) is 24.5 Å². The molecule has 9 heteroatoms. The van der Waals surface area contributed by atoms with Crippen LogP contribution in [-0.2, 0) is 0 Å². The molecule has 7 nitrogen and oxygen atoms in total. The zero-order valence-corrected chi connectivity index (χ0v) is 16.7. The molecule has 0 unspecified atom stereocenters. The summed E-state index contributed by atoms with van der Waals surface area (Å²) in [6.07, 6.45) is 2.80. The zero-order chi connectivity index (χ0) is 21.5. The summed E-state index contributed by atoms with van der Waals surface area (Å²) < 4.78 is 34.5. The number of nitrogens with zero attached hydrogens (tertiary/aromatic N) is 4. The normalized spacial score (nSPS) is 16.8. The van der Waals surface area contributed by atoms with E-state index in [2.05, 4.69) is 27.2 Å². The topological polar surface area (TPSA) is 76.0 Å². The number of pyridine rings is 1. The smallest absolute Gasteiger partial charge is 0.258 e. The summed E-state index contributed by atoms with van der Waals surface area (Å²) in [6.45, 7) is 1.94. The fourth-order valence-electron chi connectivity index (χ4n) is 3.76. The third kappa shape index (κ3) is 3.79. The molecule has 1 saturated heterocycles. The maximum absolute atomic E-state index is 13.6. The molecule has 2 aromatic carbocycles. The number of rotatable bonds is 4. The van der Waals surface area contributed by atoms with Gasteiger partial charge in [0.15, 0.2) is 11.6 Å². The zero-order valence-electron chi connectivity index (χ0n) is 16.7. The molecule has 1 atom stereocenters. The molecule has 1 N–H and O–H groups in total. The van der Waals surface area contributed by atoms with Crippen LogP contribution in [0.4, 0.5) is 8.78 Å². The first-order chi connectivity index (χ1) is 15.0. The Bertz CT molecular complexity index is 1320. The Morgan fingerprint density at radius 3 is 2.65 bits per heavy atom. The molecule has 1 fully saturated rings.